The molecule has 0 spiro atoms. The summed E-state index contributed by atoms with van der Waals surface area (Å²) in [5.74, 6) is -0.705. The summed E-state index contributed by atoms with van der Waals surface area (Å²) in [6.45, 7) is 0.386. The van der Waals surface area contributed by atoms with Gasteiger partial charge in [0, 0.05) is 12.0 Å². The van der Waals surface area contributed by atoms with Gasteiger partial charge in [-0.1, -0.05) is 31.0 Å². The lowest BCUT2D eigenvalue weighted by atomic mass is 9.96. The molecule has 1 heterocycles. The van der Waals surface area contributed by atoms with E-state index in [1.54, 1.807) is 24.3 Å². The molecule has 1 unspecified atom stereocenters. The van der Waals surface area contributed by atoms with Gasteiger partial charge in [0.1, 0.15) is 6.10 Å². The molecule has 4 heteroatoms. The average Bonchev–Trinajstić information content (AvgIpc) is 2.44. The Morgan fingerprint density at radius 2 is 1.79 bits per heavy atom. The number of carbonyl (C=O) groups excluding carboxylic acids is 2. The Balaban J connectivity index is 2.30. The van der Waals surface area contributed by atoms with E-state index in [1.165, 1.54) is 0 Å². The molecule has 1 aromatic rings. The summed E-state index contributed by atoms with van der Waals surface area (Å²) in [6, 6.07) is 6.59. The zero-order valence-corrected chi connectivity index (χ0v) is 10.8. The maximum Gasteiger partial charge on any atom is 0.338 e. The van der Waals surface area contributed by atoms with Crippen LogP contribution in [-0.4, -0.2) is 23.5 Å². The Morgan fingerprint density at radius 1 is 1.05 bits per heavy atom. The van der Waals surface area contributed by atoms with Crippen molar-refractivity contribution in [2.45, 2.75) is 38.2 Å². The van der Waals surface area contributed by atoms with Crippen LogP contribution in [0, 0.1) is 0 Å². The van der Waals surface area contributed by atoms with Crippen LogP contribution in [0.2, 0.25) is 0 Å². The molecule has 0 saturated heterocycles. The molecule has 0 saturated carbocycles. The fourth-order valence-electron chi connectivity index (χ4n) is 2.23. The van der Waals surface area contributed by atoms with Crippen molar-refractivity contribution < 1.29 is 19.4 Å². The van der Waals surface area contributed by atoms with Crippen LogP contribution < -0.4 is 0 Å². The second-order valence-corrected chi connectivity index (χ2v) is 4.76. The number of Topliss-reactive ketones (excluding diaryl/α,β-unsaturated/α-hetero) is 1. The van der Waals surface area contributed by atoms with E-state index in [0.29, 0.717) is 18.6 Å². The zero-order valence-electron chi connectivity index (χ0n) is 10.8. The second-order valence-electron chi connectivity index (χ2n) is 4.76. The molecule has 0 radical (unpaired) electrons. The molecule has 0 bridgehead atoms. The summed E-state index contributed by atoms with van der Waals surface area (Å²) in [6.07, 6.45) is 2.54. The number of ether oxygens (including phenoxy) is 1. The van der Waals surface area contributed by atoms with Gasteiger partial charge in [0.15, 0.2) is 5.78 Å². The molecule has 0 fully saturated rings. The van der Waals surface area contributed by atoms with Gasteiger partial charge in [0.25, 0.3) is 0 Å². The molecule has 1 aliphatic rings. The zero-order chi connectivity index (χ0) is 13.7. The number of rotatable bonds is 0. The van der Waals surface area contributed by atoms with E-state index >= 15 is 0 Å². The first kappa shape index (κ1) is 13.7. The predicted molar refractivity (Wildman–Crippen MR) is 69.8 cm³/mol. The number of ketones is 1. The van der Waals surface area contributed by atoms with Crippen LogP contribution in [-0.2, 0) is 9.53 Å². The minimum absolute atomic E-state index is 0.235. The number of hydrogen-bond donors (Lipinski definition) is 1. The van der Waals surface area contributed by atoms with E-state index in [9.17, 15) is 14.7 Å². The molecule has 0 aromatic heterocycles. The average molecular weight is 262 g/mol. The van der Waals surface area contributed by atoms with Crippen LogP contribution in [0.4, 0.5) is 0 Å². The number of aliphatic hydroxyl groups excluding tert-OH is 1. The number of fused-ring (bicyclic) bond motifs is 1. The van der Waals surface area contributed by atoms with E-state index < -0.39 is 12.1 Å². The Labute approximate surface area is 112 Å². The van der Waals surface area contributed by atoms with Gasteiger partial charge in [0.2, 0.25) is 0 Å². The summed E-state index contributed by atoms with van der Waals surface area (Å²) in [7, 11) is 0. The molecule has 19 heavy (non-hydrogen) atoms. The third-order valence-corrected chi connectivity index (χ3v) is 3.33. The van der Waals surface area contributed by atoms with Gasteiger partial charge < -0.3 is 9.84 Å². The second kappa shape index (κ2) is 6.48. The predicted octanol–water partition coefficient (Wildman–Crippen LogP) is 2.41. The molecule has 1 aromatic carbocycles. The van der Waals surface area contributed by atoms with Crippen molar-refractivity contribution in [1.82, 2.24) is 0 Å². The Kier molecular flexibility index (Phi) is 4.68. The van der Waals surface area contributed by atoms with Crippen molar-refractivity contribution in [3.63, 3.8) is 0 Å². The van der Waals surface area contributed by atoms with E-state index in [4.69, 9.17) is 4.74 Å². The Hall–Kier alpha value is -1.68. The SMILES string of the molecule is O=C1OCCCCCCC(=O)C(O)c2ccccc21. The van der Waals surface area contributed by atoms with E-state index in [2.05, 4.69) is 0 Å². The van der Waals surface area contributed by atoms with Crippen LogP contribution in [0.3, 0.4) is 0 Å². The van der Waals surface area contributed by atoms with Crippen molar-refractivity contribution >= 4 is 11.8 Å². The summed E-state index contributed by atoms with van der Waals surface area (Å²) in [5.41, 5.74) is 0.627. The largest absolute Gasteiger partial charge is 0.462 e. The Bertz CT molecular complexity index is 467. The molecule has 102 valence electrons. The summed E-state index contributed by atoms with van der Waals surface area (Å²) in [5, 5.41) is 10.1. The van der Waals surface area contributed by atoms with Gasteiger partial charge in [-0.3, -0.25) is 4.79 Å². The number of carbonyl (C=O) groups is 2. The van der Waals surface area contributed by atoms with Crippen molar-refractivity contribution in [2.75, 3.05) is 6.61 Å². The van der Waals surface area contributed by atoms with Crippen LogP contribution in [0.5, 0.6) is 0 Å². The summed E-state index contributed by atoms with van der Waals surface area (Å²) in [4.78, 5) is 23.8. The van der Waals surface area contributed by atoms with Crippen molar-refractivity contribution in [3.05, 3.63) is 35.4 Å². The maximum atomic E-state index is 11.9. The smallest absolute Gasteiger partial charge is 0.338 e. The normalized spacial score (nSPS) is 21.8. The third-order valence-electron chi connectivity index (χ3n) is 3.33. The first-order valence-corrected chi connectivity index (χ1v) is 6.67. The fourth-order valence-corrected chi connectivity index (χ4v) is 2.23. The van der Waals surface area contributed by atoms with E-state index in [1.807, 2.05) is 0 Å². The number of aliphatic hydroxyl groups is 1. The maximum absolute atomic E-state index is 11.9. The Morgan fingerprint density at radius 3 is 2.63 bits per heavy atom. The molecule has 2 rings (SSSR count). The number of cyclic esters (lactones) is 1. The van der Waals surface area contributed by atoms with Crippen LogP contribution in [0.25, 0.3) is 0 Å². The highest BCUT2D eigenvalue weighted by atomic mass is 16.5. The van der Waals surface area contributed by atoms with Gasteiger partial charge in [0.05, 0.1) is 12.2 Å². The molecule has 1 aliphatic heterocycles. The fraction of sp³-hybridized carbons (Fsp3) is 0.467. The minimum atomic E-state index is -1.23. The van der Waals surface area contributed by atoms with Crippen LogP contribution in [0.15, 0.2) is 24.3 Å². The quantitative estimate of drug-likeness (QED) is 0.729. The summed E-state index contributed by atoms with van der Waals surface area (Å²) >= 11 is 0. The van der Waals surface area contributed by atoms with Crippen molar-refractivity contribution in [1.29, 1.82) is 0 Å². The number of hydrogen-bond acceptors (Lipinski definition) is 4. The molecule has 1 N–H and O–H groups in total. The highest BCUT2D eigenvalue weighted by Gasteiger charge is 2.23. The standard InChI is InChI=1S/C15H18O4/c16-13-9-3-1-2-6-10-19-15(18)12-8-5-4-7-11(12)14(13)17/h4-5,7-8,14,17H,1-3,6,9-10H2. The first-order chi connectivity index (χ1) is 9.20. The molecule has 0 amide bonds. The monoisotopic (exact) mass is 262 g/mol. The summed E-state index contributed by atoms with van der Waals surface area (Å²) < 4.78 is 5.16. The van der Waals surface area contributed by atoms with Crippen LogP contribution in [0.1, 0.15) is 54.1 Å². The van der Waals surface area contributed by atoms with Gasteiger partial charge in [-0.05, 0) is 18.9 Å². The van der Waals surface area contributed by atoms with Gasteiger partial charge >= 0.3 is 5.97 Å². The van der Waals surface area contributed by atoms with Crippen molar-refractivity contribution in [3.8, 4) is 0 Å². The lowest BCUT2D eigenvalue weighted by molar-refractivity contribution is -0.127. The first-order valence-electron chi connectivity index (χ1n) is 6.67. The molecule has 0 aliphatic carbocycles. The number of benzene rings is 1. The lowest BCUT2D eigenvalue weighted by Gasteiger charge is -2.15. The van der Waals surface area contributed by atoms with Gasteiger partial charge in [-0.2, -0.15) is 0 Å². The number of esters is 1. The molecule has 4 nitrogen and oxygen atoms in total. The third kappa shape index (κ3) is 3.41. The topological polar surface area (TPSA) is 63.6 Å². The lowest BCUT2D eigenvalue weighted by Crippen LogP contribution is -2.18. The van der Waals surface area contributed by atoms with Crippen molar-refractivity contribution in [2.24, 2.45) is 0 Å². The van der Waals surface area contributed by atoms with E-state index in [-0.39, 0.29) is 11.3 Å². The molecular formula is C15H18O4. The van der Waals surface area contributed by atoms with E-state index in [0.717, 1.165) is 25.7 Å². The highest BCUT2D eigenvalue weighted by Crippen LogP contribution is 2.22. The van der Waals surface area contributed by atoms with Gasteiger partial charge in [-0.15, -0.1) is 0 Å². The molecular weight excluding hydrogens is 244 g/mol. The molecule has 1 atom stereocenters. The minimum Gasteiger partial charge on any atom is -0.462 e. The van der Waals surface area contributed by atoms with Gasteiger partial charge in [-0.25, -0.2) is 4.79 Å². The van der Waals surface area contributed by atoms with Crippen LogP contribution >= 0.6 is 0 Å². The highest BCUT2D eigenvalue weighted by molar-refractivity contribution is 5.94.